The van der Waals surface area contributed by atoms with Crippen LogP contribution in [0.3, 0.4) is 0 Å². The van der Waals surface area contributed by atoms with Crippen molar-refractivity contribution < 1.29 is 9.90 Å². The van der Waals surface area contributed by atoms with Gasteiger partial charge in [0.2, 0.25) is 0 Å². The summed E-state index contributed by atoms with van der Waals surface area (Å²) in [5, 5.41) is 8.85. The van der Waals surface area contributed by atoms with Gasteiger partial charge in [0.15, 0.2) is 0 Å². The van der Waals surface area contributed by atoms with E-state index in [1.165, 1.54) is 12.8 Å². The summed E-state index contributed by atoms with van der Waals surface area (Å²) in [5.74, 6) is -0.0926. The first-order valence-corrected chi connectivity index (χ1v) is 4.73. The van der Waals surface area contributed by atoms with Crippen molar-refractivity contribution in [2.75, 3.05) is 0 Å². The minimum atomic E-state index is -0.618. The summed E-state index contributed by atoms with van der Waals surface area (Å²) >= 11 is 0. The molecule has 0 saturated heterocycles. The molecule has 1 saturated carbocycles. The molecule has 2 nitrogen and oxygen atoms in total. The van der Waals surface area contributed by atoms with Crippen LogP contribution in [-0.2, 0) is 4.79 Å². The highest BCUT2D eigenvalue weighted by Crippen LogP contribution is 2.53. The third-order valence-corrected chi connectivity index (χ3v) is 3.41. The second kappa shape index (κ2) is 3.08. The summed E-state index contributed by atoms with van der Waals surface area (Å²) < 4.78 is 0. The number of hydrogen-bond donors (Lipinski definition) is 1. The Morgan fingerprint density at radius 3 is 2.50 bits per heavy atom. The summed E-state index contributed by atoms with van der Waals surface area (Å²) in [5.41, 5.74) is 0.0296. The van der Waals surface area contributed by atoms with E-state index in [-0.39, 0.29) is 11.3 Å². The fourth-order valence-electron chi connectivity index (χ4n) is 2.27. The highest BCUT2D eigenvalue weighted by atomic mass is 16.4. The maximum atomic E-state index is 10.7. The summed E-state index contributed by atoms with van der Waals surface area (Å²) in [7, 11) is 0. The molecule has 2 heteroatoms. The normalized spacial score (nSPS) is 32.6. The zero-order valence-electron chi connectivity index (χ0n) is 8.13. The molecule has 0 heterocycles. The van der Waals surface area contributed by atoms with Crippen molar-refractivity contribution in [1.29, 1.82) is 0 Å². The number of hydrogen-bond acceptors (Lipinski definition) is 1. The largest absolute Gasteiger partial charge is 0.481 e. The minimum absolute atomic E-state index is 0.0296. The van der Waals surface area contributed by atoms with E-state index in [4.69, 9.17) is 5.11 Å². The summed E-state index contributed by atoms with van der Waals surface area (Å²) in [4.78, 5) is 10.7. The van der Waals surface area contributed by atoms with E-state index in [1.807, 2.05) is 0 Å². The fourth-order valence-corrected chi connectivity index (χ4v) is 2.27. The molecule has 1 rings (SSSR count). The van der Waals surface area contributed by atoms with Gasteiger partial charge in [0.1, 0.15) is 0 Å². The molecule has 0 spiro atoms. The van der Waals surface area contributed by atoms with E-state index in [2.05, 4.69) is 20.8 Å². The average Bonchev–Trinajstić information content (AvgIpc) is 1.96. The van der Waals surface area contributed by atoms with Crippen molar-refractivity contribution in [2.45, 2.75) is 40.0 Å². The Balaban J connectivity index is 2.53. The molecule has 1 aliphatic carbocycles. The maximum absolute atomic E-state index is 10.7. The third-order valence-electron chi connectivity index (χ3n) is 3.41. The summed E-state index contributed by atoms with van der Waals surface area (Å²) in [6, 6.07) is 0. The molecule has 1 fully saturated rings. The number of carbonyl (C=O) groups is 1. The molecule has 2 atom stereocenters. The number of rotatable bonds is 3. The predicted octanol–water partition coefficient (Wildman–Crippen LogP) is 2.53. The van der Waals surface area contributed by atoms with Gasteiger partial charge < -0.3 is 5.11 Å². The van der Waals surface area contributed by atoms with Gasteiger partial charge in [0.25, 0.3) is 0 Å². The molecular weight excluding hydrogens is 152 g/mol. The van der Waals surface area contributed by atoms with Crippen LogP contribution in [0.5, 0.6) is 0 Å². The highest BCUT2D eigenvalue weighted by Gasteiger charge is 2.50. The van der Waals surface area contributed by atoms with Gasteiger partial charge in [0.05, 0.1) is 5.92 Å². The van der Waals surface area contributed by atoms with Crippen molar-refractivity contribution in [2.24, 2.45) is 17.3 Å². The van der Waals surface area contributed by atoms with Gasteiger partial charge in [-0.15, -0.1) is 0 Å². The Hall–Kier alpha value is -0.530. The Kier molecular flexibility index (Phi) is 2.45. The first kappa shape index (κ1) is 9.56. The molecule has 0 aromatic carbocycles. The summed E-state index contributed by atoms with van der Waals surface area (Å²) in [6.45, 7) is 6.31. The zero-order chi connectivity index (χ0) is 9.35. The molecule has 0 aromatic heterocycles. The van der Waals surface area contributed by atoms with Gasteiger partial charge in [-0.05, 0) is 17.8 Å². The zero-order valence-corrected chi connectivity index (χ0v) is 8.13. The lowest BCUT2D eigenvalue weighted by atomic mass is 9.53. The van der Waals surface area contributed by atoms with Crippen LogP contribution in [-0.4, -0.2) is 11.1 Å². The highest BCUT2D eigenvalue weighted by molar-refractivity contribution is 5.72. The van der Waals surface area contributed by atoms with Crippen molar-refractivity contribution in [1.82, 2.24) is 0 Å². The van der Waals surface area contributed by atoms with Crippen LogP contribution in [0.4, 0.5) is 0 Å². The van der Waals surface area contributed by atoms with Crippen LogP contribution >= 0.6 is 0 Å². The molecule has 2 unspecified atom stereocenters. The molecule has 0 aliphatic heterocycles. The molecule has 12 heavy (non-hydrogen) atoms. The molecule has 0 bridgehead atoms. The van der Waals surface area contributed by atoms with Crippen molar-refractivity contribution in [3.8, 4) is 0 Å². The quantitative estimate of drug-likeness (QED) is 0.706. The van der Waals surface area contributed by atoms with Crippen LogP contribution in [0.25, 0.3) is 0 Å². The van der Waals surface area contributed by atoms with Crippen LogP contribution in [0.2, 0.25) is 0 Å². The van der Waals surface area contributed by atoms with E-state index in [0.717, 1.165) is 6.42 Å². The molecule has 0 amide bonds. The maximum Gasteiger partial charge on any atom is 0.307 e. The lowest BCUT2D eigenvalue weighted by Gasteiger charge is -2.50. The number of aliphatic carboxylic acids is 1. The standard InChI is InChI=1S/C10H18O2/c1-4-5-7-6-8(9(11)12)10(7,2)3/h7-8H,4-6H2,1-3H3,(H,11,12). The Morgan fingerprint density at radius 2 is 2.17 bits per heavy atom. The third kappa shape index (κ3) is 1.35. The van der Waals surface area contributed by atoms with Crippen LogP contribution in [0, 0.1) is 17.3 Å². The van der Waals surface area contributed by atoms with Gasteiger partial charge in [-0.3, -0.25) is 4.79 Å². The molecule has 0 radical (unpaired) electrons. The minimum Gasteiger partial charge on any atom is -0.481 e. The first-order valence-electron chi connectivity index (χ1n) is 4.73. The van der Waals surface area contributed by atoms with E-state index in [0.29, 0.717) is 5.92 Å². The number of carboxylic acids is 1. The van der Waals surface area contributed by atoms with Crippen molar-refractivity contribution in [3.63, 3.8) is 0 Å². The molecule has 70 valence electrons. The van der Waals surface area contributed by atoms with Gasteiger partial charge >= 0.3 is 5.97 Å². The van der Waals surface area contributed by atoms with Gasteiger partial charge in [-0.25, -0.2) is 0 Å². The van der Waals surface area contributed by atoms with Gasteiger partial charge in [0, 0.05) is 0 Å². The van der Waals surface area contributed by atoms with Crippen molar-refractivity contribution >= 4 is 5.97 Å². The van der Waals surface area contributed by atoms with Crippen LogP contribution in [0.1, 0.15) is 40.0 Å². The van der Waals surface area contributed by atoms with E-state index < -0.39 is 5.97 Å². The average molecular weight is 170 g/mol. The predicted molar refractivity (Wildman–Crippen MR) is 47.9 cm³/mol. The monoisotopic (exact) mass is 170 g/mol. The van der Waals surface area contributed by atoms with Gasteiger partial charge in [-0.1, -0.05) is 33.6 Å². The molecule has 1 N–H and O–H groups in total. The lowest BCUT2D eigenvalue weighted by molar-refractivity contribution is -0.159. The SMILES string of the molecule is CCCC1CC(C(=O)O)C1(C)C. The van der Waals surface area contributed by atoms with E-state index in [9.17, 15) is 4.79 Å². The second-order valence-electron chi connectivity index (χ2n) is 4.43. The molecule has 0 aromatic rings. The smallest absolute Gasteiger partial charge is 0.307 e. The molecular formula is C10H18O2. The van der Waals surface area contributed by atoms with Crippen molar-refractivity contribution in [3.05, 3.63) is 0 Å². The van der Waals surface area contributed by atoms with Gasteiger partial charge in [-0.2, -0.15) is 0 Å². The first-order chi connectivity index (χ1) is 5.50. The Morgan fingerprint density at radius 1 is 1.58 bits per heavy atom. The van der Waals surface area contributed by atoms with E-state index >= 15 is 0 Å². The molecule has 1 aliphatic rings. The second-order valence-corrected chi connectivity index (χ2v) is 4.43. The topological polar surface area (TPSA) is 37.3 Å². The fraction of sp³-hybridized carbons (Fsp3) is 0.900. The Labute approximate surface area is 74.0 Å². The van der Waals surface area contributed by atoms with Crippen LogP contribution < -0.4 is 0 Å². The number of carboxylic acid groups (broad SMARTS) is 1. The summed E-state index contributed by atoms with van der Waals surface area (Å²) in [6.07, 6.45) is 3.23. The lowest BCUT2D eigenvalue weighted by Crippen LogP contribution is -2.48. The van der Waals surface area contributed by atoms with Crippen LogP contribution in [0.15, 0.2) is 0 Å². The van der Waals surface area contributed by atoms with E-state index in [1.54, 1.807) is 0 Å². The Bertz CT molecular complexity index is 184.